The van der Waals surface area contributed by atoms with Crippen molar-refractivity contribution in [2.45, 2.75) is 6.42 Å². The largest absolute Gasteiger partial charge is 0.378 e. The fourth-order valence-corrected chi connectivity index (χ4v) is 3.82. The maximum atomic E-state index is 3.68. The first-order chi connectivity index (χ1) is 11.1. The average Bonchev–Trinajstić information content (AvgIpc) is 2.91. The molecule has 0 saturated heterocycles. The van der Waals surface area contributed by atoms with Gasteiger partial charge in [-0.3, -0.25) is 0 Å². The van der Waals surface area contributed by atoms with Crippen molar-refractivity contribution >= 4 is 44.0 Å². The average molecular weight is 364 g/mol. The summed E-state index contributed by atoms with van der Waals surface area (Å²) in [7, 11) is 4.14. The monoisotopic (exact) mass is 363 g/mol. The molecule has 0 saturated carbocycles. The first-order valence-electron chi connectivity index (χ1n) is 7.82. The molecule has 4 rings (SSSR count). The molecule has 0 heterocycles. The molecule has 0 atom stereocenters. The first kappa shape index (κ1) is 14.5. The predicted octanol–water partition coefficient (Wildman–Crippen LogP) is 5.77. The molecule has 1 nitrogen and oxygen atoms in total. The number of anilines is 1. The number of hydrogen-bond acceptors (Lipinski definition) is 1. The highest BCUT2D eigenvalue weighted by Crippen LogP contribution is 2.41. The van der Waals surface area contributed by atoms with Crippen molar-refractivity contribution in [2.75, 3.05) is 19.0 Å². The second-order valence-electron chi connectivity index (χ2n) is 6.27. The van der Waals surface area contributed by atoms with Gasteiger partial charge in [0.05, 0.1) is 0 Å². The molecule has 0 aromatic heterocycles. The molecule has 114 valence electrons. The Bertz CT molecular complexity index is 920. The summed E-state index contributed by atoms with van der Waals surface area (Å²) in [5.41, 5.74) is 6.69. The number of rotatable bonds is 2. The lowest BCUT2D eigenvalue weighted by atomic mass is 10.0. The Morgan fingerprint density at radius 1 is 0.957 bits per heavy atom. The van der Waals surface area contributed by atoms with Crippen molar-refractivity contribution in [3.63, 3.8) is 0 Å². The molecule has 23 heavy (non-hydrogen) atoms. The Kier molecular flexibility index (Phi) is 3.50. The summed E-state index contributed by atoms with van der Waals surface area (Å²) < 4.78 is 1.18. The van der Waals surface area contributed by atoms with Gasteiger partial charge in [0.15, 0.2) is 0 Å². The summed E-state index contributed by atoms with van der Waals surface area (Å²) in [6.07, 6.45) is 3.33. The molecule has 0 radical (unpaired) electrons. The number of halogens is 1. The number of allylic oxidation sites excluding steroid dienone is 1. The summed E-state index contributed by atoms with van der Waals surface area (Å²) in [5.74, 6) is 0. The highest BCUT2D eigenvalue weighted by atomic mass is 79.9. The van der Waals surface area contributed by atoms with Gasteiger partial charge in [-0.1, -0.05) is 58.4 Å². The van der Waals surface area contributed by atoms with E-state index in [0.717, 1.165) is 6.42 Å². The molecule has 0 unspecified atom stereocenters. The minimum atomic E-state index is 1.01. The maximum Gasteiger partial charge on any atom is 0.0361 e. The van der Waals surface area contributed by atoms with Crippen LogP contribution in [0.3, 0.4) is 0 Å². The Morgan fingerprint density at radius 2 is 1.74 bits per heavy atom. The van der Waals surface area contributed by atoms with E-state index in [9.17, 15) is 0 Å². The van der Waals surface area contributed by atoms with Gasteiger partial charge in [-0.25, -0.2) is 0 Å². The van der Waals surface area contributed by atoms with E-state index in [1.54, 1.807) is 0 Å². The van der Waals surface area contributed by atoms with Gasteiger partial charge in [-0.15, -0.1) is 0 Å². The third-order valence-electron chi connectivity index (χ3n) is 4.55. The van der Waals surface area contributed by atoms with Crippen LogP contribution in [-0.4, -0.2) is 14.1 Å². The minimum absolute atomic E-state index is 1.01. The zero-order chi connectivity index (χ0) is 16.0. The van der Waals surface area contributed by atoms with Crippen LogP contribution in [0.4, 0.5) is 5.69 Å². The first-order valence-corrected chi connectivity index (χ1v) is 8.61. The lowest BCUT2D eigenvalue weighted by Crippen LogP contribution is -2.07. The summed E-state index contributed by atoms with van der Waals surface area (Å²) in [4.78, 5) is 2.13. The van der Waals surface area contributed by atoms with Gasteiger partial charge >= 0.3 is 0 Å². The van der Waals surface area contributed by atoms with Crippen LogP contribution in [-0.2, 0) is 6.42 Å². The van der Waals surface area contributed by atoms with E-state index in [1.807, 2.05) is 0 Å². The molecule has 0 aliphatic heterocycles. The van der Waals surface area contributed by atoms with Gasteiger partial charge in [0.25, 0.3) is 0 Å². The fraction of sp³-hybridized carbons (Fsp3) is 0.143. The summed E-state index contributed by atoms with van der Waals surface area (Å²) in [6, 6.07) is 19.7. The molecule has 3 aromatic rings. The van der Waals surface area contributed by atoms with Gasteiger partial charge < -0.3 is 4.90 Å². The highest BCUT2D eigenvalue weighted by Gasteiger charge is 2.19. The SMILES string of the molecule is CN(C)c1ccc(C=C2Cc3ccc(Br)c4cccc2c34)cc1. The molecule has 0 spiro atoms. The Balaban J connectivity index is 1.80. The van der Waals surface area contributed by atoms with E-state index in [4.69, 9.17) is 0 Å². The smallest absolute Gasteiger partial charge is 0.0361 e. The van der Waals surface area contributed by atoms with Crippen molar-refractivity contribution in [2.24, 2.45) is 0 Å². The fourth-order valence-electron chi connectivity index (χ4n) is 3.36. The van der Waals surface area contributed by atoms with Crippen LogP contribution >= 0.6 is 15.9 Å². The number of hydrogen-bond donors (Lipinski definition) is 0. The third-order valence-corrected chi connectivity index (χ3v) is 5.24. The van der Waals surface area contributed by atoms with E-state index < -0.39 is 0 Å². The molecular weight excluding hydrogens is 346 g/mol. The van der Waals surface area contributed by atoms with Crippen LogP contribution in [0.15, 0.2) is 59.1 Å². The molecule has 0 bridgehead atoms. The maximum absolute atomic E-state index is 3.68. The van der Waals surface area contributed by atoms with E-state index >= 15 is 0 Å². The van der Waals surface area contributed by atoms with Crippen molar-refractivity contribution < 1.29 is 0 Å². The molecule has 1 aliphatic rings. The van der Waals surface area contributed by atoms with Crippen LogP contribution in [0.5, 0.6) is 0 Å². The van der Waals surface area contributed by atoms with Crippen molar-refractivity contribution in [3.05, 3.63) is 75.8 Å². The molecule has 0 amide bonds. The molecule has 1 aliphatic carbocycles. The third kappa shape index (κ3) is 2.47. The molecule has 2 heteroatoms. The summed E-state index contributed by atoms with van der Waals surface area (Å²) in [6.45, 7) is 0. The van der Waals surface area contributed by atoms with Crippen LogP contribution in [0.25, 0.3) is 22.4 Å². The molecule has 0 N–H and O–H groups in total. The highest BCUT2D eigenvalue weighted by molar-refractivity contribution is 9.10. The van der Waals surface area contributed by atoms with Crippen molar-refractivity contribution in [1.29, 1.82) is 0 Å². The second kappa shape index (κ2) is 5.54. The van der Waals surface area contributed by atoms with Gasteiger partial charge in [-0.2, -0.15) is 0 Å². The van der Waals surface area contributed by atoms with Crippen molar-refractivity contribution in [3.8, 4) is 0 Å². The lowest BCUT2D eigenvalue weighted by Gasteiger charge is -2.12. The van der Waals surface area contributed by atoms with E-state index in [-0.39, 0.29) is 0 Å². The Hall–Kier alpha value is -2.06. The lowest BCUT2D eigenvalue weighted by molar-refractivity contribution is 1.13. The quantitative estimate of drug-likeness (QED) is 0.558. The van der Waals surface area contributed by atoms with Gasteiger partial charge in [0, 0.05) is 24.3 Å². The van der Waals surface area contributed by atoms with E-state index in [0.29, 0.717) is 0 Å². The zero-order valence-corrected chi connectivity index (χ0v) is 14.9. The number of nitrogens with zero attached hydrogens (tertiary/aromatic N) is 1. The molecule has 3 aromatic carbocycles. The predicted molar refractivity (Wildman–Crippen MR) is 104 cm³/mol. The second-order valence-corrected chi connectivity index (χ2v) is 7.12. The van der Waals surface area contributed by atoms with E-state index in [2.05, 4.69) is 95.6 Å². The Morgan fingerprint density at radius 3 is 2.48 bits per heavy atom. The van der Waals surface area contributed by atoms with Crippen LogP contribution in [0.2, 0.25) is 0 Å². The summed E-state index contributed by atoms with van der Waals surface area (Å²) in [5, 5.41) is 2.71. The minimum Gasteiger partial charge on any atom is -0.378 e. The van der Waals surface area contributed by atoms with Gasteiger partial charge in [0.2, 0.25) is 0 Å². The topological polar surface area (TPSA) is 3.24 Å². The van der Waals surface area contributed by atoms with Crippen LogP contribution < -0.4 is 4.90 Å². The normalized spacial score (nSPS) is 14.7. The van der Waals surface area contributed by atoms with Gasteiger partial charge in [-0.05, 0) is 57.7 Å². The number of benzene rings is 3. The van der Waals surface area contributed by atoms with E-state index in [1.165, 1.54) is 43.2 Å². The van der Waals surface area contributed by atoms with Crippen molar-refractivity contribution in [1.82, 2.24) is 0 Å². The standard InChI is InChI=1S/C21H18BrN/c1-23(2)17-9-6-14(7-10-17)12-16-13-15-8-11-20(22)19-5-3-4-18(16)21(15)19/h3-12H,13H2,1-2H3. The van der Waals surface area contributed by atoms with Gasteiger partial charge in [0.1, 0.15) is 0 Å². The zero-order valence-electron chi connectivity index (χ0n) is 13.3. The molecular formula is C21H18BrN. The summed E-state index contributed by atoms with van der Waals surface area (Å²) >= 11 is 3.68. The Labute approximate surface area is 145 Å². The van der Waals surface area contributed by atoms with Crippen LogP contribution in [0, 0.1) is 0 Å². The van der Waals surface area contributed by atoms with Crippen LogP contribution in [0.1, 0.15) is 16.7 Å². The molecule has 0 fully saturated rings.